The highest BCUT2D eigenvalue weighted by Crippen LogP contribution is 2.43. The summed E-state index contributed by atoms with van der Waals surface area (Å²) in [6, 6.07) is 23.9. The molecule has 0 radical (unpaired) electrons. The number of nitrogens with zero attached hydrogens (tertiary/aromatic N) is 4. The van der Waals surface area contributed by atoms with Gasteiger partial charge in [-0.1, -0.05) is 30.3 Å². The van der Waals surface area contributed by atoms with Crippen molar-refractivity contribution in [3.63, 3.8) is 0 Å². The zero-order valence-electron chi connectivity index (χ0n) is 26.2. The number of fused-ring (bicyclic) bond motifs is 3. The number of amides is 2. The Morgan fingerprint density at radius 2 is 1.64 bits per heavy atom. The maximum Gasteiger partial charge on any atom is 0.254 e. The first-order valence-corrected chi connectivity index (χ1v) is 16.5. The molecule has 5 atom stereocenters. The van der Waals surface area contributed by atoms with Crippen molar-refractivity contribution in [2.45, 2.75) is 82.0 Å². The number of hydrogen-bond donors (Lipinski definition) is 1. The molecule has 3 aliphatic heterocycles. The van der Waals surface area contributed by atoms with Crippen LogP contribution < -0.4 is 5.32 Å². The molecule has 3 aromatic carbocycles. The fourth-order valence-corrected chi connectivity index (χ4v) is 8.50. The number of piperidine rings is 2. The second-order valence-corrected chi connectivity index (χ2v) is 13.1. The Balaban J connectivity index is 1.10. The van der Waals surface area contributed by atoms with Crippen molar-refractivity contribution >= 4 is 22.8 Å². The molecule has 45 heavy (non-hydrogen) atoms. The number of nitrogens with one attached hydrogen (secondary N) is 1. The summed E-state index contributed by atoms with van der Waals surface area (Å²) in [5.41, 5.74) is 4.33. The first-order chi connectivity index (χ1) is 21.9. The summed E-state index contributed by atoms with van der Waals surface area (Å²) in [5.74, 6) is 0.839. The molecule has 3 fully saturated rings. The molecule has 4 heterocycles. The van der Waals surface area contributed by atoms with E-state index in [0.29, 0.717) is 35.8 Å². The molecule has 3 saturated heterocycles. The summed E-state index contributed by atoms with van der Waals surface area (Å²) in [5, 5.41) is 2.65. The third kappa shape index (κ3) is 5.76. The summed E-state index contributed by atoms with van der Waals surface area (Å²) in [6.45, 7) is 3.67. The zero-order valence-corrected chi connectivity index (χ0v) is 26.2. The minimum Gasteiger partial charge on any atom is -0.355 e. The summed E-state index contributed by atoms with van der Waals surface area (Å²) < 4.78 is 16.7. The van der Waals surface area contributed by atoms with Gasteiger partial charge in [0.1, 0.15) is 11.6 Å². The van der Waals surface area contributed by atoms with E-state index in [0.717, 1.165) is 55.6 Å². The molecule has 2 bridgehead atoms. The number of halogens is 1. The summed E-state index contributed by atoms with van der Waals surface area (Å²) in [6.07, 6.45) is 7.10. The van der Waals surface area contributed by atoms with Gasteiger partial charge in [0.15, 0.2) is 0 Å². The van der Waals surface area contributed by atoms with Gasteiger partial charge >= 0.3 is 0 Å². The molecule has 1 N–H and O–H groups in total. The molecule has 0 aliphatic carbocycles. The van der Waals surface area contributed by atoms with Gasteiger partial charge in [-0.25, -0.2) is 9.37 Å². The second kappa shape index (κ2) is 12.4. The van der Waals surface area contributed by atoms with Crippen molar-refractivity contribution in [1.29, 1.82) is 0 Å². The van der Waals surface area contributed by atoms with Gasteiger partial charge in [0.05, 0.1) is 11.0 Å². The van der Waals surface area contributed by atoms with E-state index in [1.165, 1.54) is 24.4 Å². The smallest absolute Gasteiger partial charge is 0.254 e. The molecule has 3 aliphatic rings. The average Bonchev–Trinajstić information content (AvgIpc) is 3.52. The first-order valence-electron chi connectivity index (χ1n) is 16.5. The van der Waals surface area contributed by atoms with Crippen LogP contribution in [0.25, 0.3) is 11.0 Å². The van der Waals surface area contributed by atoms with E-state index in [9.17, 15) is 14.0 Å². The summed E-state index contributed by atoms with van der Waals surface area (Å²) in [4.78, 5) is 35.9. The number of carbonyl (C=O) groups is 2. The van der Waals surface area contributed by atoms with E-state index < -0.39 is 0 Å². The fourth-order valence-electron chi connectivity index (χ4n) is 8.50. The molecule has 3 unspecified atom stereocenters. The van der Waals surface area contributed by atoms with Crippen LogP contribution in [0.5, 0.6) is 0 Å². The molecule has 234 valence electrons. The molecule has 2 amide bonds. The predicted molar refractivity (Wildman–Crippen MR) is 174 cm³/mol. The Morgan fingerprint density at radius 1 is 0.889 bits per heavy atom. The molecule has 7 rings (SSSR count). The van der Waals surface area contributed by atoms with Gasteiger partial charge in [-0.15, -0.1) is 0 Å². The highest BCUT2D eigenvalue weighted by atomic mass is 19.1. The number of rotatable bonds is 7. The standard InChI is InChI=1S/C37H42FN5O2/c1-24-40-34-11-3-4-12-35(34)43(24)33-22-30-13-14-31(23-33)41(30)18-16-32-21-26(25-7-6-10-29(38)20-25)15-17-42(32)37(45)28-9-5-8-27(19-28)36(44)39-2/h3-12,19-20,26,30-33H,13-18,21-23H2,1-2H3,(H,39,44)/t26?,30-,31+,32?,33?. The van der Waals surface area contributed by atoms with E-state index in [2.05, 4.69) is 46.0 Å². The lowest BCUT2D eigenvalue weighted by atomic mass is 9.83. The number of imidazole rings is 1. The molecule has 1 aromatic heterocycles. The van der Waals surface area contributed by atoms with Crippen LogP contribution in [-0.2, 0) is 0 Å². The minimum absolute atomic E-state index is 0.0279. The van der Waals surface area contributed by atoms with E-state index in [1.807, 2.05) is 11.0 Å². The summed E-state index contributed by atoms with van der Waals surface area (Å²) >= 11 is 0. The topological polar surface area (TPSA) is 70.5 Å². The highest BCUT2D eigenvalue weighted by molar-refractivity contribution is 5.99. The maximum atomic E-state index is 14.2. The lowest BCUT2D eigenvalue weighted by molar-refractivity contribution is 0.0504. The Bertz CT molecular complexity index is 1700. The normalized spacial score (nSPS) is 25.0. The van der Waals surface area contributed by atoms with Gasteiger partial charge < -0.3 is 14.8 Å². The lowest BCUT2D eigenvalue weighted by Gasteiger charge is -2.43. The number of aryl methyl sites for hydroxylation is 1. The number of benzene rings is 3. The van der Waals surface area contributed by atoms with Gasteiger partial charge in [0, 0.05) is 55.4 Å². The van der Waals surface area contributed by atoms with Crippen LogP contribution in [0.3, 0.4) is 0 Å². The van der Waals surface area contributed by atoms with E-state index >= 15 is 0 Å². The third-order valence-corrected chi connectivity index (χ3v) is 10.6. The van der Waals surface area contributed by atoms with Crippen LogP contribution >= 0.6 is 0 Å². The first kappa shape index (κ1) is 29.7. The van der Waals surface area contributed by atoms with Crippen LogP contribution in [0.4, 0.5) is 4.39 Å². The van der Waals surface area contributed by atoms with Crippen molar-refractivity contribution in [2.75, 3.05) is 20.1 Å². The van der Waals surface area contributed by atoms with Crippen molar-refractivity contribution in [3.8, 4) is 0 Å². The number of carbonyl (C=O) groups excluding carboxylic acids is 2. The molecule has 0 spiro atoms. The molecular weight excluding hydrogens is 565 g/mol. The second-order valence-electron chi connectivity index (χ2n) is 13.1. The van der Waals surface area contributed by atoms with E-state index in [1.54, 1.807) is 43.4 Å². The lowest BCUT2D eigenvalue weighted by Crippen LogP contribution is -2.49. The number of para-hydroxylation sites is 2. The third-order valence-electron chi connectivity index (χ3n) is 10.6. The molecular formula is C37H42FN5O2. The zero-order chi connectivity index (χ0) is 31.1. The Hall–Kier alpha value is -4.04. The van der Waals surface area contributed by atoms with Gasteiger partial charge in [-0.3, -0.25) is 14.5 Å². The van der Waals surface area contributed by atoms with Crippen LogP contribution in [0.1, 0.15) is 89.0 Å². The van der Waals surface area contributed by atoms with Gasteiger partial charge in [-0.05, 0) is 106 Å². The van der Waals surface area contributed by atoms with Crippen LogP contribution in [0.2, 0.25) is 0 Å². The van der Waals surface area contributed by atoms with Crippen LogP contribution in [-0.4, -0.2) is 69.4 Å². The van der Waals surface area contributed by atoms with Crippen molar-refractivity contribution in [2.24, 2.45) is 0 Å². The Labute approximate surface area is 264 Å². The van der Waals surface area contributed by atoms with Crippen molar-refractivity contribution in [1.82, 2.24) is 24.7 Å². The minimum atomic E-state index is -0.214. The van der Waals surface area contributed by atoms with Crippen LogP contribution in [0, 0.1) is 12.7 Å². The molecule has 0 saturated carbocycles. The van der Waals surface area contributed by atoms with E-state index in [4.69, 9.17) is 4.98 Å². The summed E-state index contributed by atoms with van der Waals surface area (Å²) in [7, 11) is 1.60. The largest absolute Gasteiger partial charge is 0.355 e. The Morgan fingerprint density at radius 3 is 2.42 bits per heavy atom. The predicted octanol–water partition coefficient (Wildman–Crippen LogP) is 6.49. The molecule has 4 aromatic rings. The monoisotopic (exact) mass is 607 g/mol. The van der Waals surface area contributed by atoms with Gasteiger partial charge in [0.2, 0.25) is 0 Å². The van der Waals surface area contributed by atoms with Gasteiger partial charge in [0.25, 0.3) is 11.8 Å². The number of hydrogen-bond acceptors (Lipinski definition) is 4. The van der Waals surface area contributed by atoms with Gasteiger partial charge in [-0.2, -0.15) is 0 Å². The molecule has 7 nitrogen and oxygen atoms in total. The fraction of sp³-hybridized carbons (Fsp3) is 0.432. The SMILES string of the molecule is CNC(=O)c1cccc(C(=O)N2CCC(c3cccc(F)c3)CC2CCN2[C@@H]3CC[C@H]2CC(n2c(C)nc4ccccc42)C3)c1. The molecule has 8 heteroatoms. The number of likely N-dealkylation sites (tertiary alicyclic amines) is 1. The van der Waals surface area contributed by atoms with Crippen molar-refractivity contribution < 1.29 is 14.0 Å². The highest BCUT2D eigenvalue weighted by Gasteiger charge is 2.42. The Kier molecular flexibility index (Phi) is 8.17. The van der Waals surface area contributed by atoms with Crippen molar-refractivity contribution in [3.05, 3.63) is 101 Å². The average molecular weight is 608 g/mol. The van der Waals surface area contributed by atoms with Crippen LogP contribution in [0.15, 0.2) is 72.8 Å². The maximum absolute atomic E-state index is 14.2. The number of aromatic nitrogens is 2. The quantitative estimate of drug-likeness (QED) is 0.261. The van der Waals surface area contributed by atoms with E-state index in [-0.39, 0.29) is 29.6 Å².